The summed E-state index contributed by atoms with van der Waals surface area (Å²) in [7, 11) is 0. The molecule has 1 aromatic heterocycles. The molecule has 0 radical (unpaired) electrons. The predicted molar refractivity (Wildman–Crippen MR) is 129 cm³/mol. The summed E-state index contributed by atoms with van der Waals surface area (Å²) < 4.78 is 0. The van der Waals surface area contributed by atoms with Crippen molar-refractivity contribution in [2.24, 2.45) is 5.92 Å². The second-order valence-electron chi connectivity index (χ2n) is 7.40. The van der Waals surface area contributed by atoms with E-state index in [4.69, 9.17) is 5.26 Å². The monoisotopic (exact) mass is 454 g/mol. The van der Waals surface area contributed by atoms with Crippen molar-refractivity contribution in [3.8, 4) is 6.07 Å². The van der Waals surface area contributed by atoms with Gasteiger partial charge in [-0.05, 0) is 50.6 Å². The van der Waals surface area contributed by atoms with Gasteiger partial charge >= 0.3 is 0 Å². The molecule has 3 rings (SSSR count). The van der Waals surface area contributed by atoms with Gasteiger partial charge in [-0.2, -0.15) is 10.2 Å². The Morgan fingerprint density at radius 3 is 2.39 bits per heavy atom. The fourth-order valence-corrected chi connectivity index (χ4v) is 2.84. The van der Waals surface area contributed by atoms with E-state index in [1.165, 1.54) is 11.1 Å². The van der Waals surface area contributed by atoms with Gasteiger partial charge in [-0.25, -0.2) is 4.98 Å². The zero-order valence-electron chi connectivity index (χ0n) is 20.2. The molecule has 1 aromatic carbocycles. The first-order valence-corrected chi connectivity index (χ1v) is 11.2. The van der Waals surface area contributed by atoms with Crippen LogP contribution < -0.4 is 15.5 Å². The van der Waals surface area contributed by atoms with E-state index in [-0.39, 0.29) is 18.4 Å². The Kier molecular flexibility index (Phi) is 11.0. The van der Waals surface area contributed by atoms with Crippen molar-refractivity contribution >= 4 is 29.3 Å². The molecule has 2 amide bonds. The van der Waals surface area contributed by atoms with Crippen LogP contribution in [0.5, 0.6) is 0 Å². The van der Waals surface area contributed by atoms with Crippen LogP contribution in [0.1, 0.15) is 58.3 Å². The van der Waals surface area contributed by atoms with E-state index in [9.17, 15) is 14.7 Å². The van der Waals surface area contributed by atoms with E-state index >= 15 is 0 Å². The molecule has 0 spiro atoms. The van der Waals surface area contributed by atoms with E-state index in [0.29, 0.717) is 36.0 Å². The van der Waals surface area contributed by atoms with Crippen LogP contribution in [-0.4, -0.2) is 45.6 Å². The molecular weight excluding hydrogens is 420 g/mol. The third kappa shape index (κ3) is 7.54. The number of anilines is 3. The molecule has 0 saturated carbocycles. The maximum atomic E-state index is 12.2. The van der Waals surface area contributed by atoms with Crippen molar-refractivity contribution in [2.75, 3.05) is 23.4 Å². The van der Waals surface area contributed by atoms with E-state index < -0.39 is 11.5 Å². The summed E-state index contributed by atoms with van der Waals surface area (Å²) >= 11 is 0. The summed E-state index contributed by atoms with van der Waals surface area (Å²) in [5, 5.41) is 24.1. The number of benzene rings is 1. The van der Waals surface area contributed by atoms with Gasteiger partial charge < -0.3 is 15.7 Å². The molecule has 1 aliphatic heterocycles. The maximum absolute atomic E-state index is 12.2. The highest BCUT2D eigenvalue weighted by Gasteiger charge is 2.33. The molecule has 2 heterocycles. The van der Waals surface area contributed by atoms with Crippen molar-refractivity contribution < 1.29 is 14.7 Å². The number of amides is 2. The number of carbonyl (C=O) groups is 2. The standard InChI is InChI=1S/C20H22N6O3.2C2H6/c1-20(2,12-27)25-17(28)13-3-5-15(6-4-13)23-19-22-9-7-16(24-19)26-10-8-14(11-21)18(26)29;2*1-2/h3-7,9,14,27H,8,10,12H2,1-2H3,(H,25,28)(H,22,23,24);2*1-2H3. The number of carbonyl (C=O) groups excluding carboxylic acids is 2. The second kappa shape index (κ2) is 13.1. The summed E-state index contributed by atoms with van der Waals surface area (Å²) in [4.78, 5) is 34.4. The van der Waals surface area contributed by atoms with Crippen molar-refractivity contribution in [2.45, 2.75) is 53.5 Å². The molecule has 178 valence electrons. The topological polar surface area (TPSA) is 131 Å². The number of nitrogens with zero attached hydrogens (tertiary/aromatic N) is 4. The zero-order chi connectivity index (χ0) is 25.0. The minimum atomic E-state index is -0.708. The summed E-state index contributed by atoms with van der Waals surface area (Å²) in [6.45, 7) is 11.7. The SMILES string of the molecule is CC.CC.CC(C)(CO)NC(=O)c1ccc(Nc2nccc(N3CCC(C#N)C3=O)n2)cc1. The predicted octanol–water partition coefficient (Wildman–Crippen LogP) is 3.65. The third-order valence-electron chi connectivity index (χ3n) is 4.53. The molecule has 3 N–H and O–H groups in total. The first kappa shape index (κ1) is 27.5. The number of nitrogens with one attached hydrogen (secondary N) is 2. The van der Waals surface area contributed by atoms with Crippen LogP contribution in [0.3, 0.4) is 0 Å². The van der Waals surface area contributed by atoms with Crippen LogP contribution in [-0.2, 0) is 4.79 Å². The average Bonchev–Trinajstić information content (AvgIpc) is 3.22. The van der Waals surface area contributed by atoms with Gasteiger partial charge in [0.05, 0.1) is 18.2 Å². The van der Waals surface area contributed by atoms with E-state index in [0.717, 1.165) is 0 Å². The number of nitriles is 1. The van der Waals surface area contributed by atoms with Gasteiger partial charge in [-0.15, -0.1) is 0 Å². The Morgan fingerprint density at radius 1 is 1.21 bits per heavy atom. The number of hydrogen-bond donors (Lipinski definition) is 3. The van der Waals surface area contributed by atoms with Gasteiger partial charge in [0.2, 0.25) is 11.9 Å². The molecule has 0 aliphatic carbocycles. The summed E-state index contributed by atoms with van der Waals surface area (Å²) in [6, 6.07) is 10.3. The van der Waals surface area contributed by atoms with Gasteiger partial charge in [0.15, 0.2) is 0 Å². The summed E-state index contributed by atoms with van der Waals surface area (Å²) in [5.74, 6) is -0.426. The van der Waals surface area contributed by atoms with Crippen LogP contribution in [0, 0.1) is 17.2 Å². The van der Waals surface area contributed by atoms with Gasteiger partial charge in [0.1, 0.15) is 11.7 Å². The number of rotatable bonds is 6. The van der Waals surface area contributed by atoms with Gasteiger partial charge in [-0.1, -0.05) is 27.7 Å². The van der Waals surface area contributed by atoms with Crippen LogP contribution in [0.4, 0.5) is 17.5 Å². The molecule has 1 unspecified atom stereocenters. The quantitative estimate of drug-likeness (QED) is 0.607. The highest BCUT2D eigenvalue weighted by Crippen LogP contribution is 2.24. The van der Waals surface area contributed by atoms with Crippen molar-refractivity contribution in [1.29, 1.82) is 5.26 Å². The average molecular weight is 455 g/mol. The van der Waals surface area contributed by atoms with Crippen molar-refractivity contribution in [3.63, 3.8) is 0 Å². The van der Waals surface area contributed by atoms with E-state index in [1.54, 1.807) is 44.2 Å². The normalized spacial score (nSPS) is 14.8. The lowest BCUT2D eigenvalue weighted by Crippen LogP contribution is -2.46. The molecular formula is C24H34N6O3. The minimum Gasteiger partial charge on any atom is -0.394 e. The van der Waals surface area contributed by atoms with Gasteiger partial charge in [-0.3, -0.25) is 14.5 Å². The van der Waals surface area contributed by atoms with Crippen LogP contribution in [0.25, 0.3) is 0 Å². The van der Waals surface area contributed by atoms with E-state index in [2.05, 4.69) is 20.6 Å². The third-order valence-corrected chi connectivity index (χ3v) is 4.53. The highest BCUT2D eigenvalue weighted by atomic mass is 16.3. The number of hydrogen-bond acceptors (Lipinski definition) is 7. The number of aromatic nitrogens is 2. The molecule has 1 saturated heterocycles. The number of aliphatic hydroxyl groups excluding tert-OH is 1. The van der Waals surface area contributed by atoms with Crippen molar-refractivity contribution in [1.82, 2.24) is 15.3 Å². The number of aliphatic hydroxyl groups is 1. The van der Waals surface area contributed by atoms with E-state index in [1.807, 2.05) is 33.8 Å². The Hall–Kier alpha value is -3.51. The molecule has 0 bridgehead atoms. The lowest BCUT2D eigenvalue weighted by atomic mass is 10.1. The van der Waals surface area contributed by atoms with Crippen LogP contribution in [0.2, 0.25) is 0 Å². The van der Waals surface area contributed by atoms with Crippen LogP contribution in [0.15, 0.2) is 36.5 Å². The summed E-state index contributed by atoms with van der Waals surface area (Å²) in [6.07, 6.45) is 2.02. The molecule has 9 heteroatoms. The first-order chi connectivity index (χ1) is 15.8. The zero-order valence-corrected chi connectivity index (χ0v) is 20.2. The lowest BCUT2D eigenvalue weighted by molar-refractivity contribution is -0.119. The van der Waals surface area contributed by atoms with Gasteiger partial charge in [0.25, 0.3) is 5.91 Å². The Balaban J connectivity index is 0.00000129. The Bertz CT molecular complexity index is 953. The summed E-state index contributed by atoms with van der Waals surface area (Å²) in [5.41, 5.74) is 0.416. The molecule has 1 aliphatic rings. The maximum Gasteiger partial charge on any atom is 0.251 e. The fraction of sp³-hybridized carbons (Fsp3) is 0.458. The smallest absolute Gasteiger partial charge is 0.251 e. The fourth-order valence-electron chi connectivity index (χ4n) is 2.84. The lowest BCUT2D eigenvalue weighted by Gasteiger charge is -2.23. The molecule has 1 atom stereocenters. The second-order valence-corrected chi connectivity index (χ2v) is 7.40. The molecule has 9 nitrogen and oxygen atoms in total. The molecule has 2 aromatic rings. The largest absolute Gasteiger partial charge is 0.394 e. The molecule has 33 heavy (non-hydrogen) atoms. The first-order valence-electron chi connectivity index (χ1n) is 11.2. The Morgan fingerprint density at radius 2 is 1.85 bits per heavy atom. The highest BCUT2D eigenvalue weighted by molar-refractivity contribution is 5.98. The van der Waals surface area contributed by atoms with Crippen LogP contribution >= 0.6 is 0 Å². The van der Waals surface area contributed by atoms with Gasteiger partial charge in [0, 0.05) is 24.0 Å². The minimum absolute atomic E-state index is 0.166. The Labute approximate surface area is 195 Å². The van der Waals surface area contributed by atoms with Crippen molar-refractivity contribution in [3.05, 3.63) is 42.1 Å². The molecule has 1 fully saturated rings.